The first-order valence-electron chi connectivity index (χ1n) is 6.16. The number of halogens is 1. The first-order chi connectivity index (χ1) is 9.56. The van der Waals surface area contributed by atoms with Crippen LogP contribution in [-0.2, 0) is 4.84 Å². The standard InChI is InChI=1S/C14H16FN3O2/c1-10(11-7-5-4-6-8-11)18-13(12(15)9-16-18)14(19)17(2)20-3/h4-10H,1-3H3. The zero-order valence-electron chi connectivity index (χ0n) is 11.6. The Bertz CT molecular complexity index is 598. The van der Waals surface area contributed by atoms with Crippen LogP contribution in [0.4, 0.5) is 4.39 Å². The van der Waals surface area contributed by atoms with E-state index in [0.29, 0.717) is 0 Å². The van der Waals surface area contributed by atoms with Crippen LogP contribution in [0.3, 0.4) is 0 Å². The van der Waals surface area contributed by atoms with Crippen molar-refractivity contribution in [3.63, 3.8) is 0 Å². The lowest BCUT2D eigenvalue weighted by atomic mass is 10.1. The molecule has 0 aliphatic heterocycles. The molecule has 106 valence electrons. The molecule has 0 saturated heterocycles. The number of amides is 1. The summed E-state index contributed by atoms with van der Waals surface area (Å²) in [6.45, 7) is 1.85. The molecule has 0 N–H and O–H groups in total. The predicted molar refractivity (Wildman–Crippen MR) is 71.5 cm³/mol. The third-order valence-electron chi connectivity index (χ3n) is 3.16. The van der Waals surface area contributed by atoms with Crippen molar-refractivity contribution in [2.75, 3.05) is 14.2 Å². The summed E-state index contributed by atoms with van der Waals surface area (Å²) in [6.07, 6.45) is 1.04. The third kappa shape index (κ3) is 2.55. The Morgan fingerprint density at radius 2 is 2.05 bits per heavy atom. The molecule has 0 bridgehead atoms. The number of rotatable bonds is 4. The number of nitrogens with zero attached hydrogens (tertiary/aromatic N) is 3. The molecule has 1 aromatic heterocycles. The molecule has 2 aromatic rings. The lowest BCUT2D eigenvalue weighted by molar-refractivity contribution is -0.0766. The summed E-state index contributed by atoms with van der Waals surface area (Å²) >= 11 is 0. The molecule has 20 heavy (non-hydrogen) atoms. The molecule has 0 fully saturated rings. The summed E-state index contributed by atoms with van der Waals surface area (Å²) in [5, 5.41) is 4.93. The van der Waals surface area contributed by atoms with Gasteiger partial charge in [0.2, 0.25) is 0 Å². The molecule has 0 aliphatic rings. The van der Waals surface area contributed by atoms with Gasteiger partial charge in [0.1, 0.15) is 0 Å². The fraction of sp³-hybridized carbons (Fsp3) is 0.286. The van der Waals surface area contributed by atoms with Crippen LogP contribution in [0.25, 0.3) is 0 Å². The lowest BCUT2D eigenvalue weighted by Gasteiger charge is -2.18. The summed E-state index contributed by atoms with van der Waals surface area (Å²) in [5.74, 6) is -1.24. The van der Waals surface area contributed by atoms with E-state index in [1.54, 1.807) is 0 Å². The van der Waals surface area contributed by atoms with Gasteiger partial charge in [0, 0.05) is 7.05 Å². The molecule has 1 atom stereocenters. The molecule has 1 amide bonds. The minimum Gasteiger partial charge on any atom is -0.274 e. The van der Waals surface area contributed by atoms with Crippen molar-refractivity contribution in [3.05, 3.63) is 53.6 Å². The van der Waals surface area contributed by atoms with Crippen LogP contribution in [0, 0.1) is 5.82 Å². The SMILES string of the molecule is CON(C)C(=O)c1c(F)cnn1C(C)c1ccccc1. The number of benzene rings is 1. The molecule has 0 radical (unpaired) electrons. The van der Waals surface area contributed by atoms with Crippen molar-refractivity contribution < 1.29 is 14.0 Å². The van der Waals surface area contributed by atoms with Gasteiger partial charge in [-0.2, -0.15) is 5.10 Å². The second-order valence-corrected chi connectivity index (χ2v) is 4.36. The topological polar surface area (TPSA) is 47.4 Å². The fourth-order valence-corrected chi connectivity index (χ4v) is 1.94. The summed E-state index contributed by atoms with van der Waals surface area (Å²) < 4.78 is 15.2. The second-order valence-electron chi connectivity index (χ2n) is 4.36. The van der Waals surface area contributed by atoms with Gasteiger partial charge in [-0.1, -0.05) is 30.3 Å². The van der Waals surface area contributed by atoms with Gasteiger partial charge in [-0.05, 0) is 12.5 Å². The van der Waals surface area contributed by atoms with E-state index in [9.17, 15) is 9.18 Å². The van der Waals surface area contributed by atoms with Crippen LogP contribution < -0.4 is 0 Å². The Labute approximate surface area is 116 Å². The summed E-state index contributed by atoms with van der Waals surface area (Å²) in [6, 6.07) is 9.20. The smallest absolute Gasteiger partial charge is 0.274 e. The highest BCUT2D eigenvalue weighted by molar-refractivity contribution is 5.92. The zero-order valence-corrected chi connectivity index (χ0v) is 11.6. The van der Waals surface area contributed by atoms with E-state index in [1.165, 1.54) is 18.8 Å². The fourth-order valence-electron chi connectivity index (χ4n) is 1.94. The number of aromatic nitrogens is 2. The zero-order chi connectivity index (χ0) is 14.7. The highest BCUT2D eigenvalue weighted by Crippen LogP contribution is 2.21. The van der Waals surface area contributed by atoms with Crippen LogP contribution in [0.15, 0.2) is 36.5 Å². The predicted octanol–water partition coefficient (Wildman–Crippen LogP) is 2.26. The number of hydroxylamine groups is 2. The Hall–Kier alpha value is -2.21. The van der Waals surface area contributed by atoms with E-state index in [2.05, 4.69) is 5.10 Å². The molecule has 1 heterocycles. The number of hydrogen-bond donors (Lipinski definition) is 0. The molecular formula is C14H16FN3O2. The van der Waals surface area contributed by atoms with Gasteiger partial charge >= 0.3 is 0 Å². The molecular weight excluding hydrogens is 261 g/mol. The van der Waals surface area contributed by atoms with Gasteiger partial charge < -0.3 is 0 Å². The first kappa shape index (κ1) is 14.2. The Balaban J connectivity index is 2.41. The maximum Gasteiger partial charge on any atom is 0.298 e. The molecule has 1 unspecified atom stereocenters. The van der Waals surface area contributed by atoms with Gasteiger partial charge in [0.05, 0.1) is 19.3 Å². The van der Waals surface area contributed by atoms with Crippen LogP contribution in [0.2, 0.25) is 0 Å². The Kier molecular flexibility index (Phi) is 4.14. The van der Waals surface area contributed by atoms with Crippen LogP contribution in [0.1, 0.15) is 29.0 Å². The van der Waals surface area contributed by atoms with Gasteiger partial charge in [-0.3, -0.25) is 9.63 Å². The van der Waals surface area contributed by atoms with E-state index >= 15 is 0 Å². The lowest BCUT2D eigenvalue weighted by Crippen LogP contribution is -2.29. The van der Waals surface area contributed by atoms with E-state index in [1.807, 2.05) is 37.3 Å². The maximum absolute atomic E-state index is 13.8. The summed E-state index contributed by atoms with van der Waals surface area (Å²) in [4.78, 5) is 16.9. The van der Waals surface area contributed by atoms with Crippen LogP contribution in [-0.4, -0.2) is 34.9 Å². The molecule has 0 aliphatic carbocycles. The summed E-state index contributed by atoms with van der Waals surface area (Å²) in [7, 11) is 2.77. The quantitative estimate of drug-likeness (QED) is 0.805. The number of carbonyl (C=O) groups excluding carboxylic acids is 1. The highest BCUT2D eigenvalue weighted by Gasteiger charge is 2.25. The van der Waals surface area contributed by atoms with E-state index in [-0.39, 0.29) is 11.7 Å². The van der Waals surface area contributed by atoms with E-state index in [4.69, 9.17) is 4.84 Å². The Morgan fingerprint density at radius 1 is 1.40 bits per heavy atom. The molecule has 0 spiro atoms. The van der Waals surface area contributed by atoms with Crippen molar-refractivity contribution in [2.24, 2.45) is 0 Å². The second kappa shape index (κ2) is 5.83. The van der Waals surface area contributed by atoms with Crippen molar-refractivity contribution in [1.82, 2.24) is 14.8 Å². The van der Waals surface area contributed by atoms with Crippen molar-refractivity contribution in [2.45, 2.75) is 13.0 Å². The molecule has 5 nitrogen and oxygen atoms in total. The summed E-state index contributed by atoms with van der Waals surface area (Å²) in [5.41, 5.74) is 0.815. The number of carbonyl (C=O) groups is 1. The van der Waals surface area contributed by atoms with Crippen LogP contribution >= 0.6 is 0 Å². The molecule has 0 saturated carbocycles. The number of hydrogen-bond acceptors (Lipinski definition) is 3. The van der Waals surface area contributed by atoms with E-state index in [0.717, 1.165) is 16.8 Å². The molecule has 6 heteroatoms. The van der Waals surface area contributed by atoms with Crippen molar-refractivity contribution in [3.8, 4) is 0 Å². The highest BCUT2D eigenvalue weighted by atomic mass is 19.1. The van der Waals surface area contributed by atoms with Crippen LogP contribution in [0.5, 0.6) is 0 Å². The van der Waals surface area contributed by atoms with Gasteiger partial charge in [-0.25, -0.2) is 14.1 Å². The van der Waals surface area contributed by atoms with Crippen molar-refractivity contribution >= 4 is 5.91 Å². The molecule has 1 aromatic carbocycles. The minimum absolute atomic E-state index is 0.120. The third-order valence-corrected chi connectivity index (χ3v) is 3.16. The molecule has 2 rings (SSSR count). The maximum atomic E-state index is 13.8. The Morgan fingerprint density at radius 3 is 2.65 bits per heavy atom. The minimum atomic E-state index is -0.665. The van der Waals surface area contributed by atoms with Gasteiger partial charge in [0.25, 0.3) is 5.91 Å². The normalized spacial score (nSPS) is 12.2. The van der Waals surface area contributed by atoms with Gasteiger partial charge in [-0.15, -0.1) is 0 Å². The van der Waals surface area contributed by atoms with Gasteiger partial charge in [0.15, 0.2) is 11.5 Å². The van der Waals surface area contributed by atoms with Crippen molar-refractivity contribution in [1.29, 1.82) is 0 Å². The largest absolute Gasteiger partial charge is 0.298 e. The average Bonchev–Trinajstić information content (AvgIpc) is 2.87. The van der Waals surface area contributed by atoms with E-state index < -0.39 is 11.7 Å². The average molecular weight is 277 g/mol. The monoisotopic (exact) mass is 277 g/mol. The first-order valence-corrected chi connectivity index (χ1v) is 6.16.